The number of hydrogen-bond donors (Lipinski definition) is 1. The Morgan fingerprint density at radius 3 is 2.76 bits per heavy atom. The predicted molar refractivity (Wildman–Crippen MR) is 98.3 cm³/mol. The zero-order chi connectivity index (χ0) is 17.6. The molecule has 1 atom stereocenters. The van der Waals surface area contributed by atoms with Gasteiger partial charge in [0, 0.05) is 54.1 Å². The van der Waals surface area contributed by atoms with Crippen LogP contribution in [0.5, 0.6) is 0 Å². The molecule has 0 spiro atoms. The van der Waals surface area contributed by atoms with E-state index in [4.69, 9.17) is 0 Å². The lowest BCUT2D eigenvalue weighted by Crippen LogP contribution is -2.31. The van der Waals surface area contributed by atoms with E-state index in [2.05, 4.69) is 51.6 Å². The third-order valence-electron chi connectivity index (χ3n) is 5.25. The summed E-state index contributed by atoms with van der Waals surface area (Å²) in [5.41, 5.74) is 4.93. The Morgan fingerprint density at radius 1 is 1.24 bits per heavy atom. The molecule has 5 nitrogen and oxygen atoms in total. The first kappa shape index (κ1) is 16.2. The summed E-state index contributed by atoms with van der Waals surface area (Å²) in [5, 5.41) is 12.4. The zero-order valence-electron chi connectivity index (χ0n) is 15.0. The van der Waals surface area contributed by atoms with Crippen LogP contribution in [0.1, 0.15) is 29.3 Å². The summed E-state index contributed by atoms with van der Waals surface area (Å²) in [4.78, 5) is 10.5. The van der Waals surface area contributed by atoms with Crippen LogP contribution in [0.2, 0.25) is 0 Å². The van der Waals surface area contributed by atoms with Gasteiger partial charge in [-0.25, -0.2) is 9.97 Å². The van der Waals surface area contributed by atoms with Crippen molar-refractivity contribution in [3.63, 3.8) is 0 Å². The van der Waals surface area contributed by atoms with E-state index in [-0.39, 0.29) is 0 Å². The third-order valence-corrected chi connectivity index (χ3v) is 5.25. The Morgan fingerprint density at radius 2 is 2.00 bits per heavy atom. The van der Waals surface area contributed by atoms with Crippen molar-refractivity contribution >= 4 is 10.9 Å². The van der Waals surface area contributed by atoms with Crippen molar-refractivity contribution in [1.82, 2.24) is 19.4 Å². The number of aromatic nitrogens is 3. The van der Waals surface area contributed by atoms with Gasteiger partial charge in [0.25, 0.3) is 0 Å². The van der Waals surface area contributed by atoms with Gasteiger partial charge in [-0.2, -0.15) is 0 Å². The molecule has 0 amide bonds. The monoisotopic (exact) mass is 336 g/mol. The first-order chi connectivity index (χ1) is 12.0. The second-order valence-corrected chi connectivity index (χ2v) is 7.42. The third kappa shape index (κ3) is 2.83. The second kappa shape index (κ2) is 5.93. The minimum atomic E-state index is -1.02. The lowest BCUT2D eigenvalue weighted by atomic mass is 9.98. The minimum Gasteiger partial charge on any atom is -0.383 e. The van der Waals surface area contributed by atoms with Crippen molar-refractivity contribution in [2.24, 2.45) is 0 Å². The van der Waals surface area contributed by atoms with Crippen LogP contribution in [0.4, 0.5) is 0 Å². The fourth-order valence-corrected chi connectivity index (χ4v) is 3.86. The first-order valence-corrected chi connectivity index (χ1v) is 8.73. The van der Waals surface area contributed by atoms with Crippen molar-refractivity contribution < 1.29 is 5.11 Å². The van der Waals surface area contributed by atoms with Gasteiger partial charge in [-0.3, -0.25) is 0 Å². The van der Waals surface area contributed by atoms with Crippen LogP contribution in [0, 0.1) is 6.92 Å². The number of rotatable bonds is 3. The lowest BCUT2D eigenvalue weighted by molar-refractivity contribution is 0.0378. The van der Waals surface area contributed by atoms with E-state index in [9.17, 15) is 5.11 Å². The summed E-state index contributed by atoms with van der Waals surface area (Å²) >= 11 is 0. The average molecular weight is 336 g/mol. The van der Waals surface area contributed by atoms with Gasteiger partial charge < -0.3 is 14.6 Å². The summed E-state index contributed by atoms with van der Waals surface area (Å²) in [6.07, 6.45) is 5.89. The lowest BCUT2D eigenvalue weighted by Gasteiger charge is -2.28. The van der Waals surface area contributed by atoms with E-state index >= 15 is 0 Å². The highest BCUT2D eigenvalue weighted by atomic mass is 16.3. The maximum atomic E-state index is 11.1. The molecule has 1 aliphatic rings. The van der Waals surface area contributed by atoms with Crippen LogP contribution in [-0.4, -0.2) is 38.1 Å². The van der Waals surface area contributed by atoms with Crippen molar-refractivity contribution in [1.29, 1.82) is 0 Å². The average Bonchev–Trinajstić information content (AvgIpc) is 2.88. The molecule has 0 radical (unpaired) electrons. The Bertz CT molecular complexity index is 914. The molecule has 5 heteroatoms. The van der Waals surface area contributed by atoms with Gasteiger partial charge in [0.1, 0.15) is 11.9 Å². The molecular weight excluding hydrogens is 312 g/mol. The van der Waals surface area contributed by atoms with Gasteiger partial charge in [-0.15, -0.1) is 0 Å². The topological polar surface area (TPSA) is 54.2 Å². The van der Waals surface area contributed by atoms with E-state index < -0.39 is 5.60 Å². The normalized spacial score (nSPS) is 17.4. The van der Waals surface area contributed by atoms with Crippen LogP contribution in [-0.2, 0) is 25.1 Å². The van der Waals surface area contributed by atoms with Crippen LogP contribution in [0.3, 0.4) is 0 Å². The molecule has 0 fully saturated rings. The van der Waals surface area contributed by atoms with E-state index in [0.717, 1.165) is 25.1 Å². The SMILES string of the molecule is Cc1ccc2c(c1)c1c(n2CC(C)(O)c2cncnc2)CCN(C)C1. The summed E-state index contributed by atoms with van der Waals surface area (Å²) < 4.78 is 2.30. The molecule has 4 rings (SSSR count). The van der Waals surface area contributed by atoms with Gasteiger partial charge in [0.15, 0.2) is 0 Å². The van der Waals surface area contributed by atoms with Gasteiger partial charge >= 0.3 is 0 Å². The number of hydrogen-bond acceptors (Lipinski definition) is 4. The summed E-state index contributed by atoms with van der Waals surface area (Å²) in [6, 6.07) is 6.60. The fourth-order valence-electron chi connectivity index (χ4n) is 3.86. The van der Waals surface area contributed by atoms with Crippen molar-refractivity contribution in [3.05, 3.63) is 59.3 Å². The van der Waals surface area contributed by atoms with Gasteiger partial charge in [-0.1, -0.05) is 11.6 Å². The zero-order valence-corrected chi connectivity index (χ0v) is 15.0. The van der Waals surface area contributed by atoms with Crippen molar-refractivity contribution in [3.8, 4) is 0 Å². The molecule has 1 aliphatic heterocycles. The summed E-state index contributed by atoms with van der Waals surface area (Å²) in [5.74, 6) is 0. The molecule has 0 saturated carbocycles. The van der Waals surface area contributed by atoms with E-state index in [0.29, 0.717) is 6.54 Å². The molecule has 2 aromatic heterocycles. The van der Waals surface area contributed by atoms with E-state index in [1.165, 1.54) is 34.1 Å². The van der Waals surface area contributed by atoms with Crippen LogP contribution in [0.15, 0.2) is 36.9 Å². The highest BCUT2D eigenvalue weighted by Crippen LogP contribution is 2.34. The Labute approximate surface area is 147 Å². The van der Waals surface area contributed by atoms with E-state index in [1.54, 1.807) is 12.4 Å². The Kier molecular flexibility index (Phi) is 3.85. The quantitative estimate of drug-likeness (QED) is 0.799. The van der Waals surface area contributed by atoms with Crippen molar-refractivity contribution in [2.75, 3.05) is 13.6 Å². The molecule has 1 aromatic carbocycles. The van der Waals surface area contributed by atoms with Crippen molar-refractivity contribution in [2.45, 2.75) is 39.0 Å². The predicted octanol–water partition coefficient (Wildman–Crippen LogP) is 2.64. The van der Waals surface area contributed by atoms with Gasteiger partial charge in [0.2, 0.25) is 0 Å². The molecule has 25 heavy (non-hydrogen) atoms. The smallest absolute Gasteiger partial charge is 0.115 e. The number of nitrogens with zero attached hydrogens (tertiary/aromatic N) is 4. The summed E-state index contributed by atoms with van der Waals surface area (Å²) in [7, 11) is 2.17. The highest BCUT2D eigenvalue weighted by molar-refractivity contribution is 5.86. The minimum absolute atomic E-state index is 0.499. The van der Waals surface area contributed by atoms with Crippen LogP contribution < -0.4 is 0 Å². The van der Waals surface area contributed by atoms with Crippen LogP contribution >= 0.6 is 0 Å². The number of aryl methyl sites for hydroxylation is 1. The maximum Gasteiger partial charge on any atom is 0.115 e. The molecule has 1 unspecified atom stereocenters. The van der Waals surface area contributed by atoms with Gasteiger partial charge in [0.05, 0.1) is 6.54 Å². The fraction of sp³-hybridized carbons (Fsp3) is 0.400. The molecule has 130 valence electrons. The molecule has 0 saturated heterocycles. The molecular formula is C20H24N4O. The molecule has 1 N–H and O–H groups in total. The number of fused-ring (bicyclic) bond motifs is 3. The van der Waals surface area contributed by atoms with E-state index in [1.807, 2.05) is 6.92 Å². The molecule has 0 aliphatic carbocycles. The Hall–Kier alpha value is -2.24. The largest absolute Gasteiger partial charge is 0.383 e. The number of aliphatic hydroxyl groups is 1. The number of benzene rings is 1. The van der Waals surface area contributed by atoms with Gasteiger partial charge in [-0.05, 0) is 38.6 Å². The maximum absolute atomic E-state index is 11.1. The highest BCUT2D eigenvalue weighted by Gasteiger charge is 2.29. The molecule has 3 heterocycles. The number of likely N-dealkylation sites (N-methyl/N-ethyl adjacent to an activating group) is 1. The first-order valence-electron chi connectivity index (χ1n) is 8.73. The second-order valence-electron chi connectivity index (χ2n) is 7.42. The molecule has 0 bridgehead atoms. The molecule has 3 aromatic rings. The summed E-state index contributed by atoms with van der Waals surface area (Å²) in [6.45, 7) is 6.47. The Balaban J connectivity index is 1.85. The standard InChI is InChI=1S/C20H24N4O/c1-14-4-5-18-16(8-14)17-11-23(3)7-6-19(17)24(18)12-20(2,25)15-9-21-13-22-10-15/h4-5,8-10,13,25H,6-7,11-12H2,1-3H3. The van der Waals surface area contributed by atoms with Crippen LogP contribution in [0.25, 0.3) is 10.9 Å².